The topological polar surface area (TPSA) is 86.9 Å². The zero-order chi connectivity index (χ0) is 19.8. The first-order chi connectivity index (χ1) is 14.2. The summed E-state index contributed by atoms with van der Waals surface area (Å²) in [6.45, 7) is 0.563. The lowest BCUT2D eigenvalue weighted by Crippen LogP contribution is -2.32. The number of benzene rings is 1. The van der Waals surface area contributed by atoms with Crippen molar-refractivity contribution in [2.45, 2.75) is 25.4 Å². The van der Waals surface area contributed by atoms with E-state index in [9.17, 15) is 4.79 Å². The highest BCUT2D eigenvalue weighted by Gasteiger charge is 2.34. The van der Waals surface area contributed by atoms with Gasteiger partial charge in [-0.3, -0.25) is 9.89 Å². The summed E-state index contributed by atoms with van der Waals surface area (Å²) in [6.07, 6.45) is 7.38. The number of H-pyrrole nitrogens is 2. The number of amides is 1. The standard InChI is InChI=1S/C22H21N5O2/c1-29-17-4-2-3-14(9-17)13-27(16-5-6-16)22(28)19-12-23-21-18(19)7-8-20(26-21)15-10-24-25-11-15/h2-4,7-12,16H,5-6,13H2,1H3,(H,23,26)(H,24,25). The van der Waals surface area contributed by atoms with Crippen LogP contribution >= 0.6 is 0 Å². The molecule has 29 heavy (non-hydrogen) atoms. The summed E-state index contributed by atoms with van der Waals surface area (Å²) in [7, 11) is 1.65. The van der Waals surface area contributed by atoms with Gasteiger partial charge in [-0.05, 0) is 42.7 Å². The molecule has 1 aliphatic rings. The summed E-state index contributed by atoms with van der Waals surface area (Å²) in [6, 6.07) is 12.0. The van der Waals surface area contributed by atoms with Gasteiger partial charge in [0.15, 0.2) is 0 Å². The van der Waals surface area contributed by atoms with Crippen LogP contribution in [0, 0.1) is 0 Å². The van der Waals surface area contributed by atoms with Crippen molar-refractivity contribution in [3.8, 4) is 17.0 Å². The fourth-order valence-corrected chi connectivity index (χ4v) is 3.61. The van der Waals surface area contributed by atoms with Gasteiger partial charge in [0.1, 0.15) is 11.4 Å². The van der Waals surface area contributed by atoms with Crippen LogP contribution in [0.5, 0.6) is 5.75 Å². The molecule has 5 rings (SSSR count). The van der Waals surface area contributed by atoms with Crippen LogP contribution in [0.2, 0.25) is 0 Å². The molecule has 2 N–H and O–H groups in total. The van der Waals surface area contributed by atoms with Crippen molar-refractivity contribution in [3.63, 3.8) is 0 Å². The third-order valence-corrected chi connectivity index (χ3v) is 5.30. The Morgan fingerprint density at radius 2 is 2.14 bits per heavy atom. The van der Waals surface area contributed by atoms with Crippen LogP contribution in [-0.2, 0) is 6.54 Å². The van der Waals surface area contributed by atoms with Gasteiger partial charge in [0.05, 0.1) is 24.6 Å². The van der Waals surface area contributed by atoms with Gasteiger partial charge in [-0.2, -0.15) is 5.10 Å². The number of hydrogen-bond donors (Lipinski definition) is 2. The van der Waals surface area contributed by atoms with Crippen LogP contribution in [0.1, 0.15) is 28.8 Å². The number of rotatable bonds is 6. The lowest BCUT2D eigenvalue weighted by Gasteiger charge is -2.22. The van der Waals surface area contributed by atoms with Gasteiger partial charge in [-0.15, -0.1) is 0 Å². The molecule has 3 aromatic heterocycles. The van der Waals surface area contributed by atoms with Gasteiger partial charge in [-0.25, -0.2) is 4.98 Å². The number of ether oxygens (including phenoxy) is 1. The summed E-state index contributed by atoms with van der Waals surface area (Å²) in [5.74, 6) is 0.827. The van der Waals surface area contributed by atoms with E-state index in [1.807, 2.05) is 41.3 Å². The average Bonchev–Trinajstić information content (AvgIpc) is 3.27. The van der Waals surface area contributed by atoms with E-state index >= 15 is 0 Å². The number of pyridine rings is 1. The summed E-state index contributed by atoms with van der Waals surface area (Å²) in [4.78, 5) is 23.2. The minimum atomic E-state index is 0.0273. The maximum Gasteiger partial charge on any atom is 0.256 e. The molecule has 1 fully saturated rings. The molecule has 146 valence electrons. The minimum absolute atomic E-state index is 0.0273. The molecule has 3 heterocycles. The molecule has 0 aliphatic heterocycles. The van der Waals surface area contributed by atoms with Gasteiger partial charge >= 0.3 is 0 Å². The van der Waals surface area contributed by atoms with Crippen molar-refractivity contribution >= 4 is 16.9 Å². The quantitative estimate of drug-likeness (QED) is 0.527. The third-order valence-electron chi connectivity index (χ3n) is 5.30. The molecule has 7 heteroatoms. The number of aromatic amines is 2. The van der Waals surface area contributed by atoms with Crippen molar-refractivity contribution in [2.75, 3.05) is 7.11 Å². The number of carbonyl (C=O) groups excluding carboxylic acids is 1. The second-order valence-corrected chi connectivity index (χ2v) is 7.30. The molecule has 0 bridgehead atoms. The lowest BCUT2D eigenvalue weighted by atomic mass is 10.1. The average molecular weight is 387 g/mol. The molecule has 1 aliphatic carbocycles. The molecule has 1 saturated carbocycles. The monoisotopic (exact) mass is 387 g/mol. The number of hydrogen-bond acceptors (Lipinski definition) is 4. The first kappa shape index (κ1) is 17.5. The van der Waals surface area contributed by atoms with Gasteiger partial charge in [0.2, 0.25) is 0 Å². The molecule has 0 saturated heterocycles. The minimum Gasteiger partial charge on any atom is -0.497 e. The molecule has 4 aromatic rings. The van der Waals surface area contributed by atoms with Crippen LogP contribution in [0.15, 0.2) is 55.0 Å². The van der Waals surface area contributed by atoms with Gasteiger partial charge in [0.25, 0.3) is 5.91 Å². The first-order valence-corrected chi connectivity index (χ1v) is 9.64. The van der Waals surface area contributed by atoms with E-state index in [1.54, 1.807) is 25.7 Å². The maximum atomic E-state index is 13.4. The summed E-state index contributed by atoms with van der Waals surface area (Å²) in [5.41, 5.74) is 4.13. The Morgan fingerprint density at radius 1 is 1.24 bits per heavy atom. The maximum absolute atomic E-state index is 13.4. The van der Waals surface area contributed by atoms with E-state index < -0.39 is 0 Å². The van der Waals surface area contributed by atoms with E-state index in [-0.39, 0.29) is 11.9 Å². The summed E-state index contributed by atoms with van der Waals surface area (Å²) < 4.78 is 5.32. The molecule has 0 spiro atoms. The predicted octanol–water partition coefficient (Wildman–Crippen LogP) is 3.77. The first-order valence-electron chi connectivity index (χ1n) is 9.64. The molecule has 1 amide bonds. The largest absolute Gasteiger partial charge is 0.497 e. The van der Waals surface area contributed by atoms with Crippen LogP contribution in [0.25, 0.3) is 22.3 Å². The highest BCUT2D eigenvalue weighted by Crippen LogP contribution is 2.32. The smallest absolute Gasteiger partial charge is 0.256 e. The van der Waals surface area contributed by atoms with Crippen molar-refractivity contribution < 1.29 is 9.53 Å². The van der Waals surface area contributed by atoms with Crippen molar-refractivity contribution in [3.05, 3.63) is 66.1 Å². The Balaban J connectivity index is 1.45. The fraction of sp³-hybridized carbons (Fsp3) is 0.227. The zero-order valence-electron chi connectivity index (χ0n) is 16.1. The van der Waals surface area contributed by atoms with Crippen LogP contribution in [-0.4, -0.2) is 44.1 Å². The summed E-state index contributed by atoms with van der Waals surface area (Å²) >= 11 is 0. The zero-order valence-corrected chi connectivity index (χ0v) is 16.1. The molecule has 0 unspecified atom stereocenters. The number of nitrogens with one attached hydrogen (secondary N) is 2. The van der Waals surface area contributed by atoms with Crippen LogP contribution < -0.4 is 4.74 Å². The fourth-order valence-electron chi connectivity index (χ4n) is 3.61. The molecule has 0 radical (unpaired) electrons. The highest BCUT2D eigenvalue weighted by atomic mass is 16.5. The SMILES string of the molecule is COc1cccc(CN(C(=O)c2c[nH]c3nc(-c4cn[nH]c4)ccc23)C2CC2)c1. The van der Waals surface area contributed by atoms with Crippen molar-refractivity contribution in [1.29, 1.82) is 0 Å². The van der Waals surface area contributed by atoms with E-state index in [4.69, 9.17) is 4.74 Å². The van der Waals surface area contributed by atoms with E-state index in [2.05, 4.69) is 20.2 Å². The highest BCUT2D eigenvalue weighted by molar-refractivity contribution is 6.06. The normalized spacial score (nSPS) is 13.6. The number of nitrogens with zero attached hydrogens (tertiary/aromatic N) is 3. The van der Waals surface area contributed by atoms with Crippen LogP contribution in [0.3, 0.4) is 0 Å². The summed E-state index contributed by atoms with van der Waals surface area (Å²) in [5, 5.41) is 7.60. The molecule has 0 atom stereocenters. The number of methoxy groups -OCH3 is 1. The molecular weight excluding hydrogens is 366 g/mol. The molecular formula is C22H21N5O2. The second-order valence-electron chi connectivity index (χ2n) is 7.30. The van der Waals surface area contributed by atoms with Crippen molar-refractivity contribution in [2.24, 2.45) is 0 Å². The predicted molar refractivity (Wildman–Crippen MR) is 110 cm³/mol. The molecule has 7 nitrogen and oxygen atoms in total. The number of aromatic nitrogens is 4. The third kappa shape index (κ3) is 3.35. The number of fused-ring (bicyclic) bond motifs is 1. The Hall–Kier alpha value is -3.61. The Labute approximate surface area is 167 Å². The van der Waals surface area contributed by atoms with E-state index in [0.717, 1.165) is 40.8 Å². The van der Waals surface area contributed by atoms with Crippen molar-refractivity contribution in [1.82, 2.24) is 25.1 Å². The Bertz CT molecular complexity index is 1160. The van der Waals surface area contributed by atoms with E-state index in [1.165, 1.54) is 0 Å². The van der Waals surface area contributed by atoms with E-state index in [0.29, 0.717) is 17.8 Å². The molecule has 1 aromatic carbocycles. The van der Waals surface area contributed by atoms with Crippen LogP contribution in [0.4, 0.5) is 0 Å². The number of carbonyl (C=O) groups is 1. The Kier molecular flexibility index (Phi) is 4.27. The van der Waals surface area contributed by atoms with Gasteiger partial charge in [0, 0.05) is 35.9 Å². The second kappa shape index (κ2) is 7.09. The van der Waals surface area contributed by atoms with Gasteiger partial charge < -0.3 is 14.6 Å². The Morgan fingerprint density at radius 3 is 2.90 bits per heavy atom. The van der Waals surface area contributed by atoms with Gasteiger partial charge in [-0.1, -0.05) is 12.1 Å². The lowest BCUT2D eigenvalue weighted by molar-refractivity contribution is 0.0732.